The lowest BCUT2D eigenvalue weighted by Gasteiger charge is -2.08. The Morgan fingerprint density at radius 2 is 1.85 bits per heavy atom. The van der Waals surface area contributed by atoms with Crippen LogP contribution in [0.4, 0.5) is 13.2 Å². The molecule has 3 aromatic carbocycles. The van der Waals surface area contributed by atoms with Crippen molar-refractivity contribution in [2.24, 2.45) is 5.16 Å². The highest BCUT2D eigenvalue weighted by atomic mass is 19.4. The van der Waals surface area contributed by atoms with E-state index in [-0.39, 0.29) is 13.2 Å². The van der Waals surface area contributed by atoms with Gasteiger partial charge in [0, 0.05) is 0 Å². The molecule has 6 heteroatoms. The van der Waals surface area contributed by atoms with Gasteiger partial charge in [0.25, 0.3) is 0 Å². The van der Waals surface area contributed by atoms with Gasteiger partial charge in [-0.25, -0.2) is 0 Å². The summed E-state index contributed by atoms with van der Waals surface area (Å²) >= 11 is 0. The van der Waals surface area contributed by atoms with Crippen molar-refractivity contribution in [3.8, 4) is 5.75 Å². The van der Waals surface area contributed by atoms with E-state index in [2.05, 4.69) is 5.16 Å². The Morgan fingerprint density at radius 1 is 1.00 bits per heavy atom. The molecule has 0 saturated heterocycles. The Bertz CT molecular complexity index is 996. The lowest BCUT2D eigenvalue weighted by Crippen LogP contribution is -2.06. The summed E-state index contributed by atoms with van der Waals surface area (Å²) < 4.78 is 43.9. The van der Waals surface area contributed by atoms with E-state index in [0.29, 0.717) is 11.3 Å². The molecule has 3 aromatic rings. The number of nitrogens with zero attached hydrogens (tertiary/aromatic N) is 1. The van der Waals surface area contributed by atoms with Gasteiger partial charge in [-0.05, 0) is 34.5 Å². The molecule has 0 spiro atoms. The van der Waals surface area contributed by atoms with Gasteiger partial charge in [0.05, 0.1) is 11.1 Å². The number of alkyl halides is 3. The van der Waals surface area contributed by atoms with Crippen molar-refractivity contribution in [1.82, 2.24) is 0 Å². The molecule has 0 unspecified atom stereocenters. The van der Waals surface area contributed by atoms with Gasteiger partial charge in [0.1, 0.15) is 24.7 Å². The lowest BCUT2D eigenvalue weighted by atomic mass is 10.0. The molecule has 0 N–H and O–H groups in total. The fraction of sp³-hybridized carbons (Fsp3) is 0.150. The fourth-order valence-corrected chi connectivity index (χ4v) is 2.98. The standard InChI is InChI=1S/C20H14F3NO2/c21-20(22,23)15-6-3-4-13(10-15)11-26-24-17-12-25-18-9-8-14-5-1-2-7-16(14)19(17)18/h1-10H,11-12H2/b24-17-. The molecule has 1 heterocycles. The Morgan fingerprint density at radius 3 is 2.69 bits per heavy atom. The van der Waals surface area contributed by atoms with E-state index < -0.39 is 11.7 Å². The fourth-order valence-electron chi connectivity index (χ4n) is 2.98. The summed E-state index contributed by atoms with van der Waals surface area (Å²) in [6.45, 7) is 0.222. The number of fused-ring (bicyclic) bond motifs is 3. The first-order valence-corrected chi connectivity index (χ1v) is 8.02. The van der Waals surface area contributed by atoms with Crippen molar-refractivity contribution in [1.29, 1.82) is 0 Å². The maximum Gasteiger partial charge on any atom is 0.416 e. The normalized spacial score (nSPS) is 15.1. The summed E-state index contributed by atoms with van der Waals surface area (Å²) in [6.07, 6.45) is -4.38. The molecule has 0 aliphatic carbocycles. The minimum absolute atomic E-state index is 0.0481. The predicted molar refractivity (Wildman–Crippen MR) is 92.2 cm³/mol. The first-order valence-electron chi connectivity index (χ1n) is 8.02. The van der Waals surface area contributed by atoms with Crippen LogP contribution >= 0.6 is 0 Å². The number of hydrogen-bond donors (Lipinski definition) is 0. The molecular formula is C20H14F3NO2. The van der Waals surface area contributed by atoms with Crippen molar-refractivity contribution < 1.29 is 22.7 Å². The summed E-state index contributed by atoms with van der Waals surface area (Å²) in [5.74, 6) is 0.727. The average Bonchev–Trinajstić information content (AvgIpc) is 3.05. The number of hydrogen-bond acceptors (Lipinski definition) is 3. The van der Waals surface area contributed by atoms with Crippen LogP contribution in [-0.2, 0) is 17.6 Å². The molecule has 0 atom stereocenters. The van der Waals surface area contributed by atoms with Crippen LogP contribution in [-0.4, -0.2) is 12.3 Å². The minimum Gasteiger partial charge on any atom is -0.486 e. The first kappa shape index (κ1) is 16.4. The number of halogens is 3. The summed E-state index contributed by atoms with van der Waals surface area (Å²) in [6, 6.07) is 16.7. The van der Waals surface area contributed by atoms with Crippen LogP contribution in [0.15, 0.2) is 65.8 Å². The second-order valence-corrected chi connectivity index (χ2v) is 5.96. The molecule has 0 saturated carbocycles. The third-order valence-electron chi connectivity index (χ3n) is 4.20. The zero-order chi connectivity index (χ0) is 18.1. The third kappa shape index (κ3) is 3.10. The third-order valence-corrected chi connectivity index (χ3v) is 4.20. The van der Waals surface area contributed by atoms with Crippen LogP contribution in [0.2, 0.25) is 0 Å². The summed E-state index contributed by atoms with van der Waals surface area (Å²) in [7, 11) is 0. The average molecular weight is 357 g/mol. The van der Waals surface area contributed by atoms with Crippen molar-refractivity contribution in [2.45, 2.75) is 12.8 Å². The zero-order valence-electron chi connectivity index (χ0n) is 13.6. The summed E-state index contributed by atoms with van der Waals surface area (Å²) in [5.41, 5.74) is 1.20. The van der Waals surface area contributed by atoms with Crippen LogP contribution < -0.4 is 4.74 Å². The number of ether oxygens (including phenoxy) is 1. The minimum atomic E-state index is -4.38. The first-order chi connectivity index (χ1) is 12.5. The van der Waals surface area contributed by atoms with Crippen LogP contribution in [0.1, 0.15) is 16.7 Å². The van der Waals surface area contributed by atoms with Crippen molar-refractivity contribution in [3.63, 3.8) is 0 Å². The van der Waals surface area contributed by atoms with E-state index in [1.54, 1.807) is 6.07 Å². The van der Waals surface area contributed by atoms with Gasteiger partial charge in [-0.2, -0.15) is 13.2 Å². The molecule has 1 aliphatic rings. The SMILES string of the molecule is FC(F)(F)c1cccc(CO/N=C2/COc3ccc4ccccc4c32)c1. The highest BCUT2D eigenvalue weighted by Crippen LogP contribution is 2.33. The van der Waals surface area contributed by atoms with Gasteiger partial charge in [0.15, 0.2) is 0 Å². The largest absolute Gasteiger partial charge is 0.486 e. The maximum atomic E-state index is 12.8. The molecule has 0 radical (unpaired) electrons. The van der Waals surface area contributed by atoms with Crippen LogP contribution in [0.25, 0.3) is 10.8 Å². The van der Waals surface area contributed by atoms with E-state index in [9.17, 15) is 13.2 Å². The lowest BCUT2D eigenvalue weighted by molar-refractivity contribution is -0.137. The van der Waals surface area contributed by atoms with Gasteiger partial charge in [-0.1, -0.05) is 47.6 Å². The predicted octanol–water partition coefficient (Wildman–Crippen LogP) is 5.17. The van der Waals surface area contributed by atoms with Crippen LogP contribution in [0.3, 0.4) is 0 Å². The molecule has 1 aliphatic heterocycles. The Balaban J connectivity index is 1.56. The Hall–Kier alpha value is -3.02. The van der Waals surface area contributed by atoms with Crippen molar-refractivity contribution >= 4 is 16.5 Å². The topological polar surface area (TPSA) is 30.8 Å². The van der Waals surface area contributed by atoms with Gasteiger partial charge < -0.3 is 9.57 Å². The highest BCUT2D eigenvalue weighted by molar-refractivity contribution is 6.15. The van der Waals surface area contributed by atoms with Gasteiger partial charge in [-0.3, -0.25) is 0 Å². The molecule has 26 heavy (non-hydrogen) atoms. The zero-order valence-corrected chi connectivity index (χ0v) is 13.6. The Labute approximate surface area is 147 Å². The molecule has 3 nitrogen and oxygen atoms in total. The Kier molecular flexibility index (Phi) is 4.03. The number of benzene rings is 3. The van der Waals surface area contributed by atoms with E-state index >= 15 is 0 Å². The molecule has 0 amide bonds. The molecule has 4 rings (SSSR count). The van der Waals surface area contributed by atoms with Crippen molar-refractivity contribution in [3.05, 3.63) is 77.4 Å². The van der Waals surface area contributed by atoms with Gasteiger partial charge in [-0.15, -0.1) is 0 Å². The van der Waals surface area contributed by atoms with E-state index in [4.69, 9.17) is 9.57 Å². The summed E-state index contributed by atoms with van der Waals surface area (Å²) in [4.78, 5) is 5.32. The maximum absolute atomic E-state index is 12.8. The van der Waals surface area contributed by atoms with Crippen LogP contribution in [0, 0.1) is 0 Å². The quantitative estimate of drug-likeness (QED) is 0.605. The molecule has 0 fully saturated rings. The highest BCUT2D eigenvalue weighted by Gasteiger charge is 2.30. The van der Waals surface area contributed by atoms with Gasteiger partial charge >= 0.3 is 6.18 Å². The smallest absolute Gasteiger partial charge is 0.416 e. The van der Waals surface area contributed by atoms with Gasteiger partial charge in [0.2, 0.25) is 0 Å². The van der Waals surface area contributed by atoms with E-state index in [1.807, 2.05) is 36.4 Å². The van der Waals surface area contributed by atoms with E-state index in [1.165, 1.54) is 6.07 Å². The molecular weight excluding hydrogens is 343 g/mol. The van der Waals surface area contributed by atoms with E-state index in [0.717, 1.165) is 34.2 Å². The number of oxime groups is 1. The van der Waals surface area contributed by atoms with Crippen molar-refractivity contribution in [2.75, 3.05) is 6.61 Å². The molecule has 132 valence electrons. The molecule has 0 bridgehead atoms. The summed E-state index contributed by atoms with van der Waals surface area (Å²) in [5, 5.41) is 6.17. The second kappa shape index (κ2) is 6.37. The van der Waals surface area contributed by atoms with Crippen LogP contribution in [0.5, 0.6) is 5.75 Å². The second-order valence-electron chi connectivity index (χ2n) is 5.96. The number of rotatable bonds is 3. The monoisotopic (exact) mass is 357 g/mol. The molecule has 0 aromatic heterocycles.